The normalized spacial score (nSPS) is 10.8. The predicted octanol–water partition coefficient (Wildman–Crippen LogP) is 6.29. The predicted molar refractivity (Wildman–Crippen MR) is 141 cm³/mol. The van der Waals surface area contributed by atoms with E-state index in [1.54, 1.807) is 56.3 Å². The summed E-state index contributed by atoms with van der Waals surface area (Å²) in [5, 5.41) is 12.2. The van der Waals surface area contributed by atoms with E-state index in [4.69, 9.17) is 14.2 Å². The van der Waals surface area contributed by atoms with Gasteiger partial charge in [0.1, 0.15) is 24.1 Å². The first-order valence-electron chi connectivity index (χ1n) is 11.4. The summed E-state index contributed by atoms with van der Waals surface area (Å²) in [6.07, 6.45) is 1.41. The zero-order valence-electron chi connectivity index (χ0n) is 20.2. The number of anilines is 1. The van der Waals surface area contributed by atoms with Crippen molar-refractivity contribution in [2.24, 2.45) is 0 Å². The van der Waals surface area contributed by atoms with E-state index < -0.39 is 11.9 Å². The number of ether oxygens (including phenoxy) is 3. The average Bonchev–Trinajstić information content (AvgIpc) is 2.88. The van der Waals surface area contributed by atoms with E-state index in [1.165, 1.54) is 24.3 Å². The number of esters is 1. The second kappa shape index (κ2) is 13.2. The fourth-order valence-electron chi connectivity index (χ4n) is 3.26. The Kier molecular flexibility index (Phi) is 9.81. The van der Waals surface area contributed by atoms with Crippen LogP contribution in [0.25, 0.3) is 6.08 Å². The van der Waals surface area contributed by atoms with Gasteiger partial charge in [-0.05, 0) is 83.9 Å². The van der Waals surface area contributed by atoms with Crippen molar-refractivity contribution in [2.45, 2.75) is 20.5 Å². The fourth-order valence-corrected chi connectivity index (χ4v) is 3.83. The van der Waals surface area contributed by atoms with Crippen LogP contribution in [0.4, 0.5) is 10.1 Å². The number of amides is 1. The van der Waals surface area contributed by atoms with Crippen molar-refractivity contribution in [3.8, 4) is 17.6 Å². The molecule has 0 fully saturated rings. The summed E-state index contributed by atoms with van der Waals surface area (Å²) in [6, 6.07) is 17.6. The molecule has 1 amide bonds. The summed E-state index contributed by atoms with van der Waals surface area (Å²) < 4.78 is 31.0. The first-order valence-corrected chi connectivity index (χ1v) is 12.2. The molecule has 0 unspecified atom stereocenters. The van der Waals surface area contributed by atoms with Crippen LogP contribution in [0.3, 0.4) is 0 Å². The Morgan fingerprint density at radius 3 is 2.43 bits per heavy atom. The Morgan fingerprint density at radius 1 is 1.05 bits per heavy atom. The second-order valence-electron chi connectivity index (χ2n) is 7.56. The highest BCUT2D eigenvalue weighted by Gasteiger charge is 2.16. The highest BCUT2D eigenvalue weighted by atomic mass is 79.9. The summed E-state index contributed by atoms with van der Waals surface area (Å²) >= 11 is 3.44. The van der Waals surface area contributed by atoms with Gasteiger partial charge in [-0.25, -0.2) is 9.18 Å². The van der Waals surface area contributed by atoms with Gasteiger partial charge in [0.15, 0.2) is 11.5 Å². The number of hydrogen-bond acceptors (Lipinski definition) is 6. The topological polar surface area (TPSA) is 97.7 Å². The Labute approximate surface area is 222 Å². The number of nitrogens with zero attached hydrogens (tertiary/aromatic N) is 1. The molecule has 0 aromatic heterocycles. The lowest BCUT2D eigenvalue weighted by molar-refractivity contribution is -0.112. The molecule has 0 radical (unpaired) electrons. The van der Waals surface area contributed by atoms with Crippen molar-refractivity contribution in [3.63, 3.8) is 0 Å². The first kappa shape index (κ1) is 27.4. The molecule has 0 bridgehead atoms. The van der Waals surface area contributed by atoms with E-state index >= 15 is 0 Å². The number of nitriles is 1. The molecule has 3 rings (SSSR count). The number of halogens is 2. The monoisotopic (exact) mass is 566 g/mol. The van der Waals surface area contributed by atoms with E-state index in [-0.39, 0.29) is 24.6 Å². The van der Waals surface area contributed by atoms with Crippen LogP contribution in [0.1, 0.15) is 35.3 Å². The number of benzene rings is 3. The van der Waals surface area contributed by atoms with Crippen LogP contribution in [-0.2, 0) is 16.1 Å². The Morgan fingerprint density at radius 2 is 1.78 bits per heavy atom. The molecule has 0 heterocycles. The molecule has 0 aliphatic rings. The van der Waals surface area contributed by atoms with Gasteiger partial charge in [0.25, 0.3) is 5.91 Å². The average molecular weight is 567 g/mol. The molecule has 1 N–H and O–H groups in total. The van der Waals surface area contributed by atoms with Gasteiger partial charge < -0.3 is 19.5 Å². The number of rotatable bonds is 10. The van der Waals surface area contributed by atoms with Gasteiger partial charge in [-0.15, -0.1) is 0 Å². The lowest BCUT2D eigenvalue weighted by Crippen LogP contribution is -2.13. The van der Waals surface area contributed by atoms with Crippen LogP contribution in [-0.4, -0.2) is 25.1 Å². The van der Waals surface area contributed by atoms with Crippen LogP contribution in [0, 0.1) is 17.1 Å². The molecule has 0 saturated carbocycles. The molecular weight excluding hydrogens is 543 g/mol. The third-order valence-electron chi connectivity index (χ3n) is 4.99. The fraction of sp³-hybridized carbons (Fsp3) is 0.179. The molecular formula is C28H24BrFN2O5. The van der Waals surface area contributed by atoms with Crippen LogP contribution in [0.5, 0.6) is 11.5 Å². The summed E-state index contributed by atoms with van der Waals surface area (Å²) in [6.45, 7) is 4.10. The molecule has 7 nitrogen and oxygen atoms in total. The minimum atomic E-state index is -0.625. The van der Waals surface area contributed by atoms with Crippen molar-refractivity contribution < 1.29 is 28.2 Å². The molecule has 0 spiro atoms. The summed E-state index contributed by atoms with van der Waals surface area (Å²) in [4.78, 5) is 24.5. The molecule has 9 heteroatoms. The van der Waals surface area contributed by atoms with Gasteiger partial charge in [0, 0.05) is 11.3 Å². The van der Waals surface area contributed by atoms with Crippen molar-refractivity contribution in [3.05, 3.63) is 93.2 Å². The van der Waals surface area contributed by atoms with Gasteiger partial charge in [-0.1, -0.05) is 18.2 Å². The minimum Gasteiger partial charge on any atom is -0.490 e. The third-order valence-corrected chi connectivity index (χ3v) is 5.58. The number of nitrogens with one attached hydrogen (secondary N) is 1. The molecule has 190 valence electrons. The third kappa shape index (κ3) is 7.41. The van der Waals surface area contributed by atoms with Crippen molar-refractivity contribution in [2.75, 3.05) is 18.5 Å². The maximum absolute atomic E-state index is 14.0. The van der Waals surface area contributed by atoms with Gasteiger partial charge in [-0.2, -0.15) is 5.26 Å². The SMILES string of the molecule is CCOC(=O)c1ccc(NC(=O)/C(C#N)=C/c2cc(Br)c(OCc3ccccc3F)c(OCC)c2)cc1. The number of carbonyl (C=O) groups is 2. The van der Waals surface area contributed by atoms with Crippen molar-refractivity contribution in [1.82, 2.24) is 0 Å². The highest BCUT2D eigenvalue weighted by Crippen LogP contribution is 2.38. The Hall–Kier alpha value is -4.16. The van der Waals surface area contributed by atoms with Gasteiger partial charge in [-0.3, -0.25) is 4.79 Å². The summed E-state index contributed by atoms with van der Waals surface area (Å²) in [5.74, 6) is -0.731. The van der Waals surface area contributed by atoms with Gasteiger partial charge >= 0.3 is 5.97 Å². The lowest BCUT2D eigenvalue weighted by Gasteiger charge is -2.15. The van der Waals surface area contributed by atoms with Crippen molar-refractivity contribution >= 4 is 39.6 Å². The van der Waals surface area contributed by atoms with E-state index in [0.29, 0.717) is 45.0 Å². The maximum Gasteiger partial charge on any atom is 0.338 e. The smallest absolute Gasteiger partial charge is 0.338 e. The quantitative estimate of drug-likeness (QED) is 0.176. The van der Waals surface area contributed by atoms with Crippen LogP contribution in [0.2, 0.25) is 0 Å². The maximum atomic E-state index is 14.0. The van der Waals surface area contributed by atoms with E-state index in [9.17, 15) is 19.2 Å². The zero-order chi connectivity index (χ0) is 26.8. The molecule has 0 saturated heterocycles. The lowest BCUT2D eigenvalue weighted by atomic mass is 10.1. The molecule has 0 atom stereocenters. The molecule has 0 aliphatic carbocycles. The molecule has 37 heavy (non-hydrogen) atoms. The summed E-state index contributed by atoms with van der Waals surface area (Å²) in [5.41, 5.74) is 1.51. The van der Waals surface area contributed by atoms with Gasteiger partial charge in [0.05, 0.1) is 23.2 Å². The molecule has 3 aromatic rings. The molecule has 0 aliphatic heterocycles. The number of carbonyl (C=O) groups excluding carboxylic acids is 2. The Bertz CT molecular complexity index is 1350. The van der Waals surface area contributed by atoms with Crippen LogP contribution < -0.4 is 14.8 Å². The van der Waals surface area contributed by atoms with E-state index in [2.05, 4.69) is 21.2 Å². The molecule has 3 aromatic carbocycles. The number of hydrogen-bond donors (Lipinski definition) is 1. The second-order valence-corrected chi connectivity index (χ2v) is 8.42. The van der Waals surface area contributed by atoms with Crippen LogP contribution >= 0.6 is 15.9 Å². The van der Waals surface area contributed by atoms with Crippen LogP contribution in [0.15, 0.2) is 70.7 Å². The first-order chi connectivity index (χ1) is 17.9. The summed E-state index contributed by atoms with van der Waals surface area (Å²) in [7, 11) is 0. The standard InChI is InChI=1S/C28H24BrFN2O5/c1-3-35-25-15-18(14-23(29)26(25)37-17-20-7-5-6-8-24(20)30)13-21(16-31)27(33)32-22-11-9-19(10-12-22)28(34)36-4-2/h5-15H,3-4,17H2,1-2H3,(H,32,33)/b21-13+. The van der Waals surface area contributed by atoms with E-state index in [0.717, 1.165) is 0 Å². The minimum absolute atomic E-state index is 0.0126. The largest absolute Gasteiger partial charge is 0.490 e. The highest BCUT2D eigenvalue weighted by molar-refractivity contribution is 9.10. The van der Waals surface area contributed by atoms with Gasteiger partial charge in [0.2, 0.25) is 0 Å². The zero-order valence-corrected chi connectivity index (χ0v) is 21.8. The Balaban J connectivity index is 1.80. The van der Waals surface area contributed by atoms with E-state index in [1.807, 2.05) is 6.07 Å². The van der Waals surface area contributed by atoms with Crippen molar-refractivity contribution in [1.29, 1.82) is 5.26 Å².